The second kappa shape index (κ2) is 5.85. The third-order valence-electron chi connectivity index (χ3n) is 4.27. The summed E-state index contributed by atoms with van der Waals surface area (Å²) in [5.41, 5.74) is 8.39. The second-order valence-electron chi connectivity index (χ2n) is 5.68. The van der Waals surface area contributed by atoms with Gasteiger partial charge in [0, 0.05) is 31.4 Å². The van der Waals surface area contributed by atoms with E-state index >= 15 is 0 Å². The molecule has 1 aromatic rings. The Morgan fingerprint density at radius 1 is 1.44 bits per heavy atom. The highest BCUT2D eigenvalue weighted by Gasteiger charge is 2.27. The lowest BCUT2D eigenvalue weighted by molar-refractivity contribution is 0.127. The van der Waals surface area contributed by atoms with Crippen molar-refractivity contribution in [3.05, 3.63) is 17.5 Å². The summed E-state index contributed by atoms with van der Waals surface area (Å²) in [7, 11) is 4.21. The predicted molar refractivity (Wildman–Crippen MR) is 74.2 cm³/mol. The molecule has 1 fully saturated rings. The van der Waals surface area contributed by atoms with Gasteiger partial charge in [-0.3, -0.25) is 9.58 Å². The molecule has 1 aromatic heterocycles. The fraction of sp³-hybridized carbons (Fsp3) is 0.786. The summed E-state index contributed by atoms with van der Waals surface area (Å²) in [6.45, 7) is 3.90. The van der Waals surface area contributed by atoms with Gasteiger partial charge in [0.2, 0.25) is 0 Å². The zero-order chi connectivity index (χ0) is 13.1. The third kappa shape index (κ3) is 2.93. The molecule has 1 aliphatic carbocycles. The van der Waals surface area contributed by atoms with Crippen molar-refractivity contribution in [2.45, 2.75) is 45.2 Å². The molecule has 2 unspecified atom stereocenters. The van der Waals surface area contributed by atoms with Crippen LogP contribution in [0.3, 0.4) is 0 Å². The van der Waals surface area contributed by atoms with E-state index in [0.29, 0.717) is 12.0 Å². The molecule has 2 N–H and O–H groups in total. The minimum atomic E-state index is 0.642. The maximum atomic E-state index is 5.92. The van der Waals surface area contributed by atoms with Crippen molar-refractivity contribution in [3.8, 4) is 0 Å². The van der Waals surface area contributed by atoms with Gasteiger partial charge < -0.3 is 5.73 Å². The van der Waals surface area contributed by atoms with Crippen molar-refractivity contribution in [1.82, 2.24) is 14.7 Å². The summed E-state index contributed by atoms with van der Waals surface area (Å²) in [5, 5.41) is 4.41. The van der Waals surface area contributed by atoms with Crippen LogP contribution in [0.1, 0.15) is 36.9 Å². The van der Waals surface area contributed by atoms with Crippen LogP contribution in [0.15, 0.2) is 6.20 Å². The minimum Gasteiger partial charge on any atom is -0.330 e. The minimum absolute atomic E-state index is 0.642. The number of hydrogen-bond acceptors (Lipinski definition) is 3. The van der Waals surface area contributed by atoms with Crippen molar-refractivity contribution in [1.29, 1.82) is 0 Å². The molecule has 4 nitrogen and oxygen atoms in total. The molecule has 102 valence electrons. The molecule has 0 aliphatic heterocycles. The van der Waals surface area contributed by atoms with Crippen LogP contribution >= 0.6 is 0 Å². The number of hydrogen-bond donors (Lipinski definition) is 1. The van der Waals surface area contributed by atoms with E-state index in [-0.39, 0.29) is 0 Å². The van der Waals surface area contributed by atoms with Crippen LogP contribution in [0, 0.1) is 12.8 Å². The van der Waals surface area contributed by atoms with Crippen LogP contribution in [0.4, 0.5) is 0 Å². The lowest BCUT2D eigenvalue weighted by Crippen LogP contribution is -2.42. The Hall–Kier alpha value is -0.870. The quantitative estimate of drug-likeness (QED) is 0.884. The molecule has 1 aliphatic rings. The van der Waals surface area contributed by atoms with Crippen LogP contribution < -0.4 is 5.73 Å². The molecule has 1 heterocycles. The number of aromatic nitrogens is 2. The maximum Gasteiger partial charge on any atom is 0.0638 e. The highest BCUT2D eigenvalue weighted by atomic mass is 15.3. The normalized spacial score (nSPS) is 24.7. The average Bonchev–Trinajstić information content (AvgIpc) is 2.67. The summed E-state index contributed by atoms with van der Waals surface area (Å²) in [6.07, 6.45) is 7.40. The Morgan fingerprint density at radius 3 is 2.78 bits per heavy atom. The highest BCUT2D eigenvalue weighted by Crippen LogP contribution is 2.28. The van der Waals surface area contributed by atoms with E-state index in [1.165, 1.54) is 31.2 Å². The first-order valence-electron chi connectivity index (χ1n) is 7.01. The van der Waals surface area contributed by atoms with Crippen LogP contribution in [0.5, 0.6) is 0 Å². The number of nitrogens with two attached hydrogens (primary N) is 1. The monoisotopic (exact) mass is 250 g/mol. The summed E-state index contributed by atoms with van der Waals surface area (Å²) >= 11 is 0. The van der Waals surface area contributed by atoms with Gasteiger partial charge in [0.1, 0.15) is 0 Å². The molecule has 0 radical (unpaired) electrons. The Balaban J connectivity index is 2.02. The van der Waals surface area contributed by atoms with Gasteiger partial charge in [-0.2, -0.15) is 5.10 Å². The lowest BCUT2D eigenvalue weighted by atomic mass is 9.83. The average molecular weight is 250 g/mol. The number of rotatable bonds is 4. The summed E-state index contributed by atoms with van der Waals surface area (Å²) in [6, 6.07) is 0.642. The molecular formula is C14H26N4. The Kier molecular flexibility index (Phi) is 4.40. The van der Waals surface area contributed by atoms with E-state index in [2.05, 4.69) is 30.2 Å². The number of aryl methyl sites for hydroxylation is 2. The Labute approximate surface area is 110 Å². The summed E-state index contributed by atoms with van der Waals surface area (Å²) in [4.78, 5) is 2.47. The zero-order valence-corrected chi connectivity index (χ0v) is 11.9. The Morgan fingerprint density at radius 2 is 2.17 bits per heavy atom. The van der Waals surface area contributed by atoms with E-state index in [1.54, 1.807) is 0 Å². The van der Waals surface area contributed by atoms with Crippen LogP contribution in [-0.2, 0) is 13.6 Å². The van der Waals surface area contributed by atoms with Crippen molar-refractivity contribution in [3.63, 3.8) is 0 Å². The molecule has 0 spiro atoms. The van der Waals surface area contributed by atoms with Gasteiger partial charge >= 0.3 is 0 Å². The van der Waals surface area contributed by atoms with Gasteiger partial charge in [-0.05, 0) is 39.3 Å². The topological polar surface area (TPSA) is 47.1 Å². The highest BCUT2D eigenvalue weighted by molar-refractivity contribution is 5.15. The Bertz CT molecular complexity index is 385. The smallest absolute Gasteiger partial charge is 0.0638 e. The molecule has 2 atom stereocenters. The summed E-state index contributed by atoms with van der Waals surface area (Å²) < 4.78 is 1.90. The largest absolute Gasteiger partial charge is 0.330 e. The van der Waals surface area contributed by atoms with E-state index < -0.39 is 0 Å². The van der Waals surface area contributed by atoms with Gasteiger partial charge in [0.05, 0.1) is 5.69 Å². The van der Waals surface area contributed by atoms with Crippen molar-refractivity contribution < 1.29 is 0 Å². The molecule has 2 rings (SSSR count). The fourth-order valence-corrected chi connectivity index (χ4v) is 3.23. The first-order valence-corrected chi connectivity index (χ1v) is 7.01. The standard InChI is InChI=1S/C14H26N4/c1-11-13(10-18(3)16-11)9-17(2)14-7-5-4-6-12(14)8-15/h10,12,14H,4-9,15H2,1-3H3. The van der Waals surface area contributed by atoms with E-state index in [0.717, 1.165) is 18.8 Å². The van der Waals surface area contributed by atoms with Gasteiger partial charge in [0.15, 0.2) is 0 Å². The van der Waals surface area contributed by atoms with Crippen LogP contribution in [0.2, 0.25) is 0 Å². The van der Waals surface area contributed by atoms with Crippen molar-refractivity contribution in [2.24, 2.45) is 18.7 Å². The van der Waals surface area contributed by atoms with Crippen LogP contribution in [-0.4, -0.2) is 34.3 Å². The molecule has 0 amide bonds. The first kappa shape index (κ1) is 13.6. The van der Waals surface area contributed by atoms with E-state index in [1.807, 2.05) is 11.7 Å². The molecule has 0 saturated heterocycles. The second-order valence-corrected chi connectivity index (χ2v) is 5.68. The molecule has 18 heavy (non-hydrogen) atoms. The molecule has 0 aromatic carbocycles. The lowest BCUT2D eigenvalue weighted by Gasteiger charge is -2.37. The SMILES string of the molecule is Cc1nn(C)cc1CN(C)C1CCCCC1CN. The third-order valence-corrected chi connectivity index (χ3v) is 4.27. The summed E-state index contributed by atoms with van der Waals surface area (Å²) in [5.74, 6) is 0.667. The predicted octanol–water partition coefficient (Wildman–Crippen LogP) is 1.68. The molecule has 0 bridgehead atoms. The van der Waals surface area contributed by atoms with Gasteiger partial charge in [0.25, 0.3) is 0 Å². The van der Waals surface area contributed by atoms with E-state index in [9.17, 15) is 0 Å². The molecule has 4 heteroatoms. The van der Waals surface area contributed by atoms with Crippen LogP contribution in [0.25, 0.3) is 0 Å². The first-order chi connectivity index (χ1) is 8.61. The van der Waals surface area contributed by atoms with Crippen molar-refractivity contribution in [2.75, 3.05) is 13.6 Å². The van der Waals surface area contributed by atoms with Gasteiger partial charge in [-0.15, -0.1) is 0 Å². The molecule has 1 saturated carbocycles. The van der Waals surface area contributed by atoms with E-state index in [4.69, 9.17) is 5.73 Å². The fourth-order valence-electron chi connectivity index (χ4n) is 3.23. The van der Waals surface area contributed by atoms with Crippen molar-refractivity contribution >= 4 is 0 Å². The number of nitrogens with zero attached hydrogens (tertiary/aromatic N) is 3. The molecular weight excluding hydrogens is 224 g/mol. The maximum absolute atomic E-state index is 5.92. The van der Waals surface area contributed by atoms with Gasteiger partial charge in [-0.25, -0.2) is 0 Å². The zero-order valence-electron chi connectivity index (χ0n) is 11.9. The van der Waals surface area contributed by atoms with Gasteiger partial charge in [-0.1, -0.05) is 12.8 Å².